The van der Waals surface area contributed by atoms with Crippen molar-refractivity contribution >= 4 is 5.78 Å². The molecule has 0 unspecified atom stereocenters. The number of hydrogen-bond acceptors (Lipinski definition) is 4. The van der Waals surface area contributed by atoms with Crippen molar-refractivity contribution in [2.45, 2.75) is 33.1 Å². The van der Waals surface area contributed by atoms with Gasteiger partial charge in [-0.15, -0.1) is 0 Å². The molecule has 0 radical (unpaired) electrons. The largest absolute Gasteiger partial charge is 0.494 e. The lowest BCUT2D eigenvalue weighted by Gasteiger charge is -2.05. The first-order valence-corrected chi connectivity index (χ1v) is 8.98. The Kier molecular flexibility index (Phi) is 5.84. The molecule has 134 valence electrons. The van der Waals surface area contributed by atoms with Crippen LogP contribution in [0.15, 0.2) is 59.1 Å². The van der Waals surface area contributed by atoms with Gasteiger partial charge < -0.3 is 9.26 Å². The van der Waals surface area contributed by atoms with Crippen LogP contribution in [0.5, 0.6) is 5.75 Å². The Hall–Kier alpha value is -2.88. The van der Waals surface area contributed by atoms with E-state index in [0.29, 0.717) is 11.3 Å². The van der Waals surface area contributed by atoms with Crippen LogP contribution in [0.2, 0.25) is 0 Å². The van der Waals surface area contributed by atoms with Gasteiger partial charge in [0, 0.05) is 22.8 Å². The van der Waals surface area contributed by atoms with Gasteiger partial charge in [0.15, 0.2) is 11.5 Å². The van der Waals surface area contributed by atoms with E-state index in [4.69, 9.17) is 9.26 Å². The number of Topliss-reactive ketones (excluding diaryl/α,β-unsaturated/α-hetero) is 1. The molecule has 0 saturated heterocycles. The Labute approximate surface area is 153 Å². The topological polar surface area (TPSA) is 52.3 Å². The fraction of sp³-hybridized carbons (Fsp3) is 0.273. The SMILES string of the molecule is CCCCCOc1ccc(-c2cc(-c3ccc(C(C)=O)cc3)no2)cc1. The number of ketones is 1. The maximum atomic E-state index is 11.4. The quantitative estimate of drug-likeness (QED) is 0.382. The van der Waals surface area contributed by atoms with Crippen molar-refractivity contribution in [3.8, 4) is 28.3 Å². The van der Waals surface area contributed by atoms with Crippen LogP contribution in [0, 0.1) is 0 Å². The van der Waals surface area contributed by atoms with Gasteiger partial charge in [0.1, 0.15) is 11.4 Å². The highest BCUT2D eigenvalue weighted by molar-refractivity contribution is 5.94. The van der Waals surface area contributed by atoms with Crippen molar-refractivity contribution in [1.29, 1.82) is 0 Å². The molecule has 4 nitrogen and oxygen atoms in total. The fourth-order valence-corrected chi connectivity index (χ4v) is 2.68. The van der Waals surface area contributed by atoms with Crippen LogP contribution < -0.4 is 4.74 Å². The molecule has 2 aromatic carbocycles. The summed E-state index contributed by atoms with van der Waals surface area (Å²) in [7, 11) is 0. The molecule has 3 rings (SSSR count). The Bertz CT molecular complexity index is 848. The number of benzene rings is 2. The van der Waals surface area contributed by atoms with Crippen LogP contribution >= 0.6 is 0 Å². The van der Waals surface area contributed by atoms with Crippen molar-refractivity contribution in [3.05, 3.63) is 60.2 Å². The highest BCUT2D eigenvalue weighted by Crippen LogP contribution is 2.27. The molecule has 3 aromatic rings. The lowest BCUT2D eigenvalue weighted by atomic mass is 10.1. The van der Waals surface area contributed by atoms with Crippen LogP contribution in [0.4, 0.5) is 0 Å². The monoisotopic (exact) mass is 349 g/mol. The summed E-state index contributed by atoms with van der Waals surface area (Å²) in [4.78, 5) is 11.4. The van der Waals surface area contributed by atoms with Crippen molar-refractivity contribution in [3.63, 3.8) is 0 Å². The third kappa shape index (κ3) is 4.39. The summed E-state index contributed by atoms with van der Waals surface area (Å²) in [6.45, 7) is 4.48. The summed E-state index contributed by atoms with van der Waals surface area (Å²) in [6, 6.07) is 17.1. The van der Waals surface area contributed by atoms with E-state index in [0.717, 1.165) is 35.6 Å². The summed E-state index contributed by atoms with van der Waals surface area (Å²) in [5.74, 6) is 1.62. The molecular formula is C22H23NO3. The van der Waals surface area contributed by atoms with Crippen LogP contribution in [-0.2, 0) is 0 Å². The summed E-state index contributed by atoms with van der Waals surface area (Å²) >= 11 is 0. The summed E-state index contributed by atoms with van der Waals surface area (Å²) < 4.78 is 11.2. The van der Waals surface area contributed by atoms with Crippen molar-refractivity contribution < 1.29 is 14.1 Å². The van der Waals surface area contributed by atoms with E-state index in [9.17, 15) is 4.79 Å². The van der Waals surface area contributed by atoms with Gasteiger partial charge in [-0.25, -0.2) is 0 Å². The van der Waals surface area contributed by atoms with Crippen molar-refractivity contribution in [2.75, 3.05) is 6.61 Å². The zero-order valence-electron chi connectivity index (χ0n) is 15.2. The molecule has 0 spiro atoms. The molecule has 0 amide bonds. The van der Waals surface area contributed by atoms with Crippen LogP contribution in [0.3, 0.4) is 0 Å². The number of aromatic nitrogens is 1. The first-order chi connectivity index (χ1) is 12.7. The van der Waals surface area contributed by atoms with E-state index in [1.54, 1.807) is 19.1 Å². The van der Waals surface area contributed by atoms with Gasteiger partial charge in [-0.1, -0.05) is 49.2 Å². The van der Waals surface area contributed by atoms with Crippen LogP contribution in [0.1, 0.15) is 43.5 Å². The number of ether oxygens (including phenoxy) is 1. The van der Waals surface area contributed by atoms with Gasteiger partial charge in [-0.2, -0.15) is 0 Å². The Balaban J connectivity index is 1.68. The van der Waals surface area contributed by atoms with E-state index >= 15 is 0 Å². The van der Waals surface area contributed by atoms with Crippen LogP contribution in [-0.4, -0.2) is 17.5 Å². The molecule has 0 atom stereocenters. The number of rotatable bonds is 8. The Morgan fingerprint density at radius 3 is 2.35 bits per heavy atom. The highest BCUT2D eigenvalue weighted by atomic mass is 16.5. The maximum Gasteiger partial charge on any atom is 0.167 e. The van der Waals surface area contributed by atoms with Crippen LogP contribution in [0.25, 0.3) is 22.6 Å². The van der Waals surface area contributed by atoms with Crippen molar-refractivity contribution in [2.24, 2.45) is 0 Å². The summed E-state index contributed by atoms with van der Waals surface area (Å²) in [6.07, 6.45) is 3.45. The molecule has 0 bridgehead atoms. The lowest BCUT2D eigenvalue weighted by Crippen LogP contribution is -1.96. The molecule has 1 heterocycles. The second-order valence-corrected chi connectivity index (χ2v) is 6.29. The van der Waals surface area contributed by atoms with E-state index in [1.807, 2.05) is 42.5 Å². The molecule has 26 heavy (non-hydrogen) atoms. The average molecular weight is 349 g/mol. The molecule has 0 aliphatic carbocycles. The third-order valence-corrected chi connectivity index (χ3v) is 4.25. The minimum absolute atomic E-state index is 0.0504. The minimum Gasteiger partial charge on any atom is -0.494 e. The number of unbranched alkanes of at least 4 members (excludes halogenated alkanes) is 2. The van der Waals surface area contributed by atoms with Gasteiger partial charge in [0.2, 0.25) is 0 Å². The minimum atomic E-state index is 0.0504. The fourth-order valence-electron chi connectivity index (χ4n) is 2.68. The molecule has 4 heteroatoms. The molecule has 0 N–H and O–H groups in total. The van der Waals surface area contributed by atoms with E-state index in [-0.39, 0.29) is 5.78 Å². The van der Waals surface area contributed by atoms with Gasteiger partial charge in [0.05, 0.1) is 6.61 Å². The van der Waals surface area contributed by atoms with Gasteiger partial charge in [-0.3, -0.25) is 4.79 Å². The second-order valence-electron chi connectivity index (χ2n) is 6.29. The second kappa shape index (κ2) is 8.48. The standard InChI is InChI=1S/C22H23NO3/c1-3-4-5-14-25-20-12-10-19(11-13-20)22-15-21(23-26-22)18-8-6-17(7-9-18)16(2)24/h6-13,15H,3-5,14H2,1-2H3. The van der Waals surface area contributed by atoms with Gasteiger partial charge in [0.25, 0.3) is 0 Å². The van der Waals surface area contributed by atoms with Crippen molar-refractivity contribution in [1.82, 2.24) is 5.16 Å². The number of hydrogen-bond donors (Lipinski definition) is 0. The third-order valence-electron chi connectivity index (χ3n) is 4.25. The van der Waals surface area contributed by atoms with E-state index < -0.39 is 0 Å². The molecule has 0 aliphatic rings. The van der Waals surface area contributed by atoms with E-state index in [2.05, 4.69) is 12.1 Å². The number of nitrogens with zero attached hydrogens (tertiary/aromatic N) is 1. The zero-order valence-corrected chi connectivity index (χ0v) is 15.2. The number of carbonyl (C=O) groups excluding carboxylic acids is 1. The zero-order chi connectivity index (χ0) is 18.4. The summed E-state index contributed by atoms with van der Waals surface area (Å²) in [5, 5.41) is 4.14. The molecule has 0 fully saturated rings. The molecule has 1 aromatic heterocycles. The predicted octanol–water partition coefficient (Wildman–Crippen LogP) is 5.78. The Morgan fingerprint density at radius 1 is 1.00 bits per heavy atom. The Morgan fingerprint density at radius 2 is 1.69 bits per heavy atom. The van der Waals surface area contributed by atoms with Gasteiger partial charge in [-0.05, 0) is 37.6 Å². The molecule has 0 saturated carbocycles. The van der Waals surface area contributed by atoms with Gasteiger partial charge >= 0.3 is 0 Å². The highest BCUT2D eigenvalue weighted by Gasteiger charge is 2.09. The molecule has 0 aliphatic heterocycles. The lowest BCUT2D eigenvalue weighted by molar-refractivity contribution is 0.101. The number of carbonyl (C=O) groups is 1. The molecular weight excluding hydrogens is 326 g/mol. The first kappa shape index (κ1) is 17.9. The maximum absolute atomic E-state index is 11.4. The van der Waals surface area contributed by atoms with E-state index in [1.165, 1.54) is 12.8 Å². The average Bonchev–Trinajstić information content (AvgIpc) is 3.16. The summed E-state index contributed by atoms with van der Waals surface area (Å²) in [5.41, 5.74) is 3.30. The normalized spacial score (nSPS) is 10.7. The predicted molar refractivity (Wildman–Crippen MR) is 102 cm³/mol. The first-order valence-electron chi connectivity index (χ1n) is 8.98. The smallest absolute Gasteiger partial charge is 0.167 e.